The third-order valence-corrected chi connectivity index (χ3v) is 4.09. The van der Waals surface area contributed by atoms with Crippen molar-refractivity contribution in [1.82, 2.24) is 5.32 Å². The lowest BCUT2D eigenvalue weighted by atomic mass is 9.80. The lowest BCUT2D eigenvalue weighted by molar-refractivity contribution is 0.0504. The van der Waals surface area contributed by atoms with Gasteiger partial charge in [-0.05, 0) is 63.6 Å². The van der Waals surface area contributed by atoms with Gasteiger partial charge in [0.2, 0.25) is 0 Å². The average Bonchev–Trinajstić information content (AvgIpc) is 2.51. The van der Waals surface area contributed by atoms with Crippen LogP contribution in [0.25, 0.3) is 0 Å². The highest BCUT2D eigenvalue weighted by atomic mass is 16.6. The van der Waals surface area contributed by atoms with Crippen LogP contribution in [0.1, 0.15) is 52.0 Å². The molecule has 0 aliphatic heterocycles. The molecule has 2 rings (SSSR count). The Kier molecular flexibility index (Phi) is 6.10. The van der Waals surface area contributed by atoms with Crippen LogP contribution in [0.4, 0.5) is 4.79 Å². The number of nitrogens with one attached hydrogen (secondary N) is 1. The highest BCUT2D eigenvalue weighted by Crippen LogP contribution is 2.34. The minimum atomic E-state index is -0.554. The number of methoxy groups -OCH3 is 1. The van der Waals surface area contributed by atoms with Gasteiger partial charge in [-0.25, -0.2) is 4.79 Å². The van der Waals surface area contributed by atoms with E-state index >= 15 is 0 Å². The van der Waals surface area contributed by atoms with Gasteiger partial charge in [0.25, 0.3) is 0 Å². The van der Waals surface area contributed by atoms with Gasteiger partial charge in [-0.2, -0.15) is 0 Å². The number of carbonyl (C=O) groups excluding carboxylic acids is 1. The van der Waals surface area contributed by atoms with Gasteiger partial charge in [0, 0.05) is 0 Å². The Morgan fingerprint density at radius 1 is 1.21 bits per heavy atom. The van der Waals surface area contributed by atoms with Gasteiger partial charge in [0.05, 0.1) is 19.3 Å². The largest absolute Gasteiger partial charge is 0.497 e. The lowest BCUT2D eigenvalue weighted by Gasteiger charge is -2.33. The standard InChI is InChI=1S/C19H28NO4/c1-19(2,3)24-18(22)20-17(14-6-5-7-15(21)12-14)13-8-10-16(23-4)11-9-13/h8-11,14-15,21H,5-7,12H2,1-4H3,(H,20,22)/t14?,15-/m0/s1. The number of amides is 1. The molecule has 1 amide bonds. The van der Waals surface area contributed by atoms with Gasteiger partial charge in [-0.15, -0.1) is 0 Å². The zero-order valence-electron chi connectivity index (χ0n) is 15.0. The summed E-state index contributed by atoms with van der Waals surface area (Å²) >= 11 is 0. The molecule has 0 bridgehead atoms. The van der Waals surface area contributed by atoms with Crippen molar-refractivity contribution >= 4 is 6.09 Å². The minimum Gasteiger partial charge on any atom is -0.497 e. The molecule has 1 unspecified atom stereocenters. The number of alkyl carbamates (subject to hydrolysis) is 1. The Morgan fingerprint density at radius 3 is 2.42 bits per heavy atom. The summed E-state index contributed by atoms with van der Waals surface area (Å²) < 4.78 is 10.6. The molecule has 2 N–H and O–H groups in total. The molecule has 0 spiro atoms. The second-order valence-corrected chi connectivity index (χ2v) is 7.29. The monoisotopic (exact) mass is 334 g/mol. The molecule has 5 heteroatoms. The zero-order valence-corrected chi connectivity index (χ0v) is 15.0. The van der Waals surface area contributed by atoms with Gasteiger partial charge < -0.3 is 19.9 Å². The van der Waals surface area contributed by atoms with Crippen molar-refractivity contribution in [1.29, 1.82) is 0 Å². The zero-order chi connectivity index (χ0) is 17.7. The summed E-state index contributed by atoms with van der Waals surface area (Å²) in [4.78, 5) is 12.2. The first-order valence-electron chi connectivity index (χ1n) is 8.48. The molecule has 24 heavy (non-hydrogen) atoms. The van der Waals surface area contributed by atoms with Crippen LogP contribution in [0, 0.1) is 12.0 Å². The van der Waals surface area contributed by atoms with Crippen LogP contribution in [0.5, 0.6) is 5.75 Å². The van der Waals surface area contributed by atoms with E-state index in [0.717, 1.165) is 36.6 Å². The van der Waals surface area contributed by atoms with Crippen molar-refractivity contribution in [3.63, 3.8) is 0 Å². The van der Waals surface area contributed by atoms with Crippen LogP contribution in [-0.4, -0.2) is 30.0 Å². The number of aliphatic hydroxyl groups excluding tert-OH is 1. The number of carbonyl (C=O) groups is 1. The van der Waals surface area contributed by atoms with Crippen LogP contribution in [0.15, 0.2) is 24.3 Å². The molecule has 2 atom stereocenters. The van der Waals surface area contributed by atoms with Crippen LogP contribution >= 0.6 is 0 Å². The Labute approximate surface area is 144 Å². The van der Waals surface area contributed by atoms with Crippen LogP contribution < -0.4 is 10.1 Å². The van der Waals surface area contributed by atoms with Crippen LogP contribution in [0.2, 0.25) is 0 Å². The average molecular weight is 334 g/mol. The summed E-state index contributed by atoms with van der Waals surface area (Å²) in [5.41, 5.74) is 0.363. The first-order valence-corrected chi connectivity index (χ1v) is 8.48. The Hall–Kier alpha value is -1.75. The molecule has 1 aromatic rings. The number of aliphatic hydroxyl groups is 1. The third-order valence-electron chi connectivity index (χ3n) is 4.09. The number of hydrogen-bond acceptors (Lipinski definition) is 4. The van der Waals surface area contributed by atoms with Crippen molar-refractivity contribution in [3.05, 3.63) is 35.9 Å². The normalized spacial score (nSPS) is 21.4. The fraction of sp³-hybridized carbons (Fsp3) is 0.579. The minimum absolute atomic E-state index is 0.106. The molecular weight excluding hydrogens is 306 g/mol. The molecule has 5 nitrogen and oxygen atoms in total. The van der Waals surface area contributed by atoms with Gasteiger partial charge in [0.15, 0.2) is 0 Å². The van der Waals surface area contributed by atoms with E-state index in [1.54, 1.807) is 7.11 Å². The predicted octanol–water partition coefficient (Wildman–Crippen LogP) is 3.65. The Bertz CT molecular complexity index is 535. The fourth-order valence-electron chi connectivity index (χ4n) is 3.02. The van der Waals surface area contributed by atoms with Gasteiger partial charge in [-0.3, -0.25) is 0 Å². The number of benzene rings is 1. The van der Waals surface area contributed by atoms with E-state index in [1.807, 2.05) is 45.0 Å². The molecule has 1 aliphatic rings. The van der Waals surface area contributed by atoms with E-state index in [0.29, 0.717) is 6.42 Å². The summed E-state index contributed by atoms with van der Waals surface area (Å²) in [7, 11) is 1.62. The maximum Gasteiger partial charge on any atom is 0.408 e. The number of rotatable bonds is 4. The summed E-state index contributed by atoms with van der Waals surface area (Å²) in [6.07, 6.45) is 2.57. The molecule has 1 aromatic carbocycles. The second kappa shape index (κ2) is 7.88. The van der Waals surface area contributed by atoms with Gasteiger partial charge in [0.1, 0.15) is 11.4 Å². The SMILES string of the molecule is COc1ccc([C](NC(=O)OC(C)(C)C)C2CCC[C@H](O)C2)cc1. The molecule has 0 heterocycles. The predicted molar refractivity (Wildman–Crippen MR) is 92.7 cm³/mol. The second-order valence-electron chi connectivity index (χ2n) is 7.29. The third kappa shape index (κ3) is 5.41. The van der Waals surface area contributed by atoms with E-state index in [9.17, 15) is 9.90 Å². The molecule has 1 saturated carbocycles. The van der Waals surface area contributed by atoms with E-state index in [4.69, 9.17) is 9.47 Å². The van der Waals surface area contributed by atoms with Crippen molar-refractivity contribution < 1.29 is 19.4 Å². The molecular formula is C19H28NO4. The highest BCUT2D eigenvalue weighted by molar-refractivity contribution is 5.70. The smallest absolute Gasteiger partial charge is 0.408 e. The summed E-state index contributed by atoms with van der Waals surface area (Å²) in [5.74, 6) is 0.869. The topological polar surface area (TPSA) is 67.8 Å². The molecule has 133 valence electrons. The first kappa shape index (κ1) is 18.6. The van der Waals surface area contributed by atoms with E-state index in [1.165, 1.54) is 0 Å². The summed E-state index contributed by atoms with van der Waals surface area (Å²) in [6, 6.07) is 8.39. The molecule has 0 saturated heterocycles. The summed E-state index contributed by atoms with van der Waals surface area (Å²) in [6.45, 7) is 5.51. The highest BCUT2D eigenvalue weighted by Gasteiger charge is 2.32. The molecule has 0 aromatic heterocycles. The molecule has 1 radical (unpaired) electrons. The fourth-order valence-corrected chi connectivity index (χ4v) is 3.02. The van der Waals surface area contributed by atoms with E-state index in [-0.39, 0.29) is 12.0 Å². The number of ether oxygens (including phenoxy) is 2. The van der Waals surface area contributed by atoms with Gasteiger partial charge >= 0.3 is 6.09 Å². The lowest BCUT2D eigenvalue weighted by Crippen LogP contribution is -2.40. The van der Waals surface area contributed by atoms with E-state index in [2.05, 4.69) is 5.32 Å². The number of hydrogen-bond donors (Lipinski definition) is 2. The van der Waals surface area contributed by atoms with Crippen molar-refractivity contribution in [3.8, 4) is 5.75 Å². The Balaban J connectivity index is 2.18. The van der Waals surface area contributed by atoms with Gasteiger partial charge in [-0.1, -0.05) is 18.6 Å². The van der Waals surface area contributed by atoms with E-state index < -0.39 is 11.7 Å². The summed E-state index contributed by atoms with van der Waals surface area (Å²) in [5, 5.41) is 12.9. The molecule has 1 fully saturated rings. The Morgan fingerprint density at radius 2 is 1.88 bits per heavy atom. The van der Waals surface area contributed by atoms with Crippen molar-refractivity contribution in [2.45, 2.75) is 58.2 Å². The first-order chi connectivity index (χ1) is 11.3. The quantitative estimate of drug-likeness (QED) is 0.882. The van der Waals surface area contributed by atoms with Crippen LogP contribution in [-0.2, 0) is 4.74 Å². The van der Waals surface area contributed by atoms with Crippen molar-refractivity contribution in [2.24, 2.45) is 5.92 Å². The maximum absolute atomic E-state index is 12.2. The van der Waals surface area contributed by atoms with Crippen LogP contribution in [0.3, 0.4) is 0 Å². The van der Waals surface area contributed by atoms with Crippen molar-refractivity contribution in [2.75, 3.05) is 7.11 Å². The maximum atomic E-state index is 12.2. The molecule has 1 aliphatic carbocycles.